The zero-order valence-electron chi connectivity index (χ0n) is 10.1. The lowest BCUT2D eigenvalue weighted by Crippen LogP contribution is -2.46. The van der Waals surface area contributed by atoms with Gasteiger partial charge in [-0.2, -0.15) is 12.6 Å². The van der Waals surface area contributed by atoms with Gasteiger partial charge in [0.05, 0.1) is 0 Å². The first-order valence-electron chi connectivity index (χ1n) is 5.75. The van der Waals surface area contributed by atoms with Crippen molar-refractivity contribution >= 4 is 12.6 Å². The van der Waals surface area contributed by atoms with Crippen LogP contribution in [0, 0.1) is 5.92 Å². The highest BCUT2D eigenvalue weighted by Crippen LogP contribution is 2.32. The van der Waals surface area contributed by atoms with Gasteiger partial charge in [0, 0.05) is 5.54 Å². The van der Waals surface area contributed by atoms with Gasteiger partial charge < -0.3 is 0 Å². The van der Waals surface area contributed by atoms with Crippen LogP contribution in [0.2, 0.25) is 0 Å². The fourth-order valence-corrected chi connectivity index (χ4v) is 2.34. The van der Waals surface area contributed by atoms with Crippen molar-refractivity contribution in [3.05, 3.63) is 24.3 Å². The van der Waals surface area contributed by atoms with Gasteiger partial charge in [-0.1, -0.05) is 30.7 Å². The van der Waals surface area contributed by atoms with E-state index in [-0.39, 0.29) is 5.54 Å². The van der Waals surface area contributed by atoms with Crippen LogP contribution in [0.1, 0.15) is 26.2 Å². The maximum atomic E-state index is 4.26. The molecule has 2 unspecified atom stereocenters. The van der Waals surface area contributed by atoms with E-state index >= 15 is 0 Å². The third-order valence-corrected chi connectivity index (χ3v) is 3.84. The average Bonchev–Trinajstić information content (AvgIpc) is 2.21. The Balaban J connectivity index is 2.60. The van der Waals surface area contributed by atoms with Gasteiger partial charge in [-0.25, -0.2) is 0 Å². The molecule has 0 heterocycles. The van der Waals surface area contributed by atoms with E-state index < -0.39 is 0 Å². The quantitative estimate of drug-likeness (QED) is 0.556. The Kier molecular flexibility index (Phi) is 4.94. The Bertz CT molecular complexity index is 245. The van der Waals surface area contributed by atoms with E-state index in [0.717, 1.165) is 5.75 Å². The normalized spacial score (nSPS) is 30.1. The molecule has 1 nitrogen and oxygen atoms in total. The molecule has 0 N–H and O–H groups in total. The highest BCUT2D eigenvalue weighted by molar-refractivity contribution is 7.80. The van der Waals surface area contributed by atoms with Crippen LogP contribution in [-0.4, -0.2) is 30.3 Å². The second kappa shape index (κ2) is 5.76. The van der Waals surface area contributed by atoms with Gasteiger partial charge in [-0.15, -0.1) is 0 Å². The smallest absolute Gasteiger partial charge is 0.0422 e. The molecule has 0 bridgehead atoms. The maximum absolute atomic E-state index is 4.26. The number of allylic oxidation sites excluding steroid dienone is 2. The Hall–Kier alpha value is -0.210. The summed E-state index contributed by atoms with van der Waals surface area (Å²) in [6.45, 7) is 2.32. The topological polar surface area (TPSA) is 3.24 Å². The predicted octanol–water partition coefficient (Wildman–Crippen LogP) is 3.15. The molecule has 0 fully saturated rings. The molecule has 1 aliphatic carbocycles. The van der Waals surface area contributed by atoms with E-state index in [2.05, 4.69) is 62.9 Å². The molecule has 0 aromatic carbocycles. The molecule has 1 aliphatic rings. The summed E-state index contributed by atoms with van der Waals surface area (Å²) in [5.74, 6) is 1.64. The number of hydrogen-bond acceptors (Lipinski definition) is 2. The van der Waals surface area contributed by atoms with Crippen molar-refractivity contribution in [2.75, 3.05) is 19.8 Å². The molecule has 0 saturated carbocycles. The molecule has 0 saturated heterocycles. The molecule has 2 atom stereocenters. The molecular weight excluding hydrogens is 202 g/mol. The summed E-state index contributed by atoms with van der Waals surface area (Å²) in [4.78, 5) is 2.32. The van der Waals surface area contributed by atoms with E-state index in [0.29, 0.717) is 5.92 Å². The van der Waals surface area contributed by atoms with Crippen LogP contribution in [0.25, 0.3) is 0 Å². The Morgan fingerprint density at radius 1 is 1.27 bits per heavy atom. The van der Waals surface area contributed by atoms with Crippen molar-refractivity contribution in [2.24, 2.45) is 5.92 Å². The van der Waals surface area contributed by atoms with Crippen molar-refractivity contribution in [1.82, 2.24) is 4.90 Å². The largest absolute Gasteiger partial charge is 0.300 e. The van der Waals surface area contributed by atoms with Crippen LogP contribution >= 0.6 is 12.6 Å². The highest BCUT2D eigenvalue weighted by atomic mass is 32.1. The highest BCUT2D eigenvalue weighted by Gasteiger charge is 2.32. The number of unbranched alkanes of at least 4 members (excludes halogenated alkanes) is 1. The van der Waals surface area contributed by atoms with Crippen LogP contribution in [-0.2, 0) is 0 Å². The molecule has 1 rings (SSSR count). The number of thiol groups is 1. The second-order valence-electron chi connectivity index (χ2n) is 4.69. The Morgan fingerprint density at radius 2 is 2.00 bits per heavy atom. The monoisotopic (exact) mass is 225 g/mol. The van der Waals surface area contributed by atoms with Crippen LogP contribution in [0.15, 0.2) is 24.3 Å². The van der Waals surface area contributed by atoms with Crippen LogP contribution < -0.4 is 0 Å². The predicted molar refractivity (Wildman–Crippen MR) is 71.6 cm³/mol. The molecule has 0 aliphatic heterocycles. The standard InChI is InChI=1S/C13H23NS/c1-13(14(2)3)10-6-4-8-12(13)9-5-7-11-15/h4,6,8,10,12,15H,5,7,9,11H2,1-3H3. The zero-order valence-corrected chi connectivity index (χ0v) is 11.0. The van der Waals surface area contributed by atoms with Crippen molar-refractivity contribution in [1.29, 1.82) is 0 Å². The van der Waals surface area contributed by atoms with Gasteiger partial charge in [0.25, 0.3) is 0 Å². The fraction of sp³-hybridized carbons (Fsp3) is 0.692. The average molecular weight is 225 g/mol. The fourth-order valence-electron chi connectivity index (χ4n) is 2.11. The molecule has 0 radical (unpaired) electrons. The summed E-state index contributed by atoms with van der Waals surface area (Å²) in [6.07, 6.45) is 12.8. The van der Waals surface area contributed by atoms with Crippen molar-refractivity contribution in [3.63, 3.8) is 0 Å². The number of nitrogens with zero attached hydrogens (tertiary/aromatic N) is 1. The minimum absolute atomic E-state index is 0.186. The van der Waals surface area contributed by atoms with Crippen molar-refractivity contribution in [2.45, 2.75) is 31.7 Å². The number of hydrogen-bond donors (Lipinski definition) is 1. The third-order valence-electron chi connectivity index (χ3n) is 3.53. The first-order chi connectivity index (χ1) is 7.11. The lowest BCUT2D eigenvalue weighted by molar-refractivity contribution is 0.164. The second-order valence-corrected chi connectivity index (χ2v) is 5.14. The summed E-state index contributed by atoms with van der Waals surface area (Å²) >= 11 is 4.26. The number of rotatable bonds is 5. The molecular formula is C13H23NS. The van der Waals surface area contributed by atoms with Gasteiger partial charge >= 0.3 is 0 Å². The molecule has 0 spiro atoms. The van der Waals surface area contributed by atoms with Gasteiger partial charge in [0.1, 0.15) is 0 Å². The van der Waals surface area contributed by atoms with Gasteiger partial charge in [-0.3, -0.25) is 4.90 Å². The lowest BCUT2D eigenvalue weighted by atomic mass is 9.78. The first-order valence-corrected chi connectivity index (χ1v) is 6.39. The Morgan fingerprint density at radius 3 is 2.60 bits per heavy atom. The van der Waals surface area contributed by atoms with Gasteiger partial charge in [0.15, 0.2) is 0 Å². The molecule has 0 amide bonds. The van der Waals surface area contributed by atoms with Crippen LogP contribution in [0.4, 0.5) is 0 Å². The Labute approximate surface area is 99.6 Å². The summed E-state index contributed by atoms with van der Waals surface area (Å²) in [5, 5.41) is 0. The third kappa shape index (κ3) is 3.12. The molecule has 15 heavy (non-hydrogen) atoms. The summed E-state index contributed by atoms with van der Waals surface area (Å²) < 4.78 is 0. The number of likely N-dealkylation sites (N-methyl/N-ethyl adjacent to an activating group) is 1. The minimum atomic E-state index is 0.186. The van der Waals surface area contributed by atoms with Crippen LogP contribution in [0.5, 0.6) is 0 Å². The van der Waals surface area contributed by atoms with E-state index in [4.69, 9.17) is 0 Å². The lowest BCUT2D eigenvalue weighted by Gasteiger charge is -2.41. The maximum Gasteiger partial charge on any atom is 0.0422 e. The summed E-state index contributed by atoms with van der Waals surface area (Å²) in [5.41, 5.74) is 0.186. The molecule has 86 valence electrons. The van der Waals surface area contributed by atoms with Crippen molar-refractivity contribution in [3.8, 4) is 0 Å². The van der Waals surface area contributed by atoms with E-state index in [1.165, 1.54) is 19.3 Å². The van der Waals surface area contributed by atoms with E-state index in [1.807, 2.05) is 0 Å². The zero-order chi connectivity index (χ0) is 11.3. The van der Waals surface area contributed by atoms with Gasteiger partial charge in [-0.05, 0) is 45.5 Å². The van der Waals surface area contributed by atoms with E-state index in [9.17, 15) is 0 Å². The summed E-state index contributed by atoms with van der Waals surface area (Å²) in [6, 6.07) is 0. The molecule has 0 aromatic heterocycles. The van der Waals surface area contributed by atoms with Crippen molar-refractivity contribution < 1.29 is 0 Å². The van der Waals surface area contributed by atoms with E-state index in [1.54, 1.807) is 0 Å². The molecule has 2 heteroatoms. The molecule has 0 aromatic rings. The minimum Gasteiger partial charge on any atom is -0.300 e. The van der Waals surface area contributed by atoms with Crippen LogP contribution in [0.3, 0.4) is 0 Å². The SMILES string of the molecule is CN(C)C1(C)C=CC=CC1CCCCS. The van der Waals surface area contributed by atoms with Gasteiger partial charge in [0.2, 0.25) is 0 Å². The first kappa shape index (κ1) is 12.9. The summed E-state index contributed by atoms with van der Waals surface area (Å²) in [7, 11) is 4.32.